The van der Waals surface area contributed by atoms with Crippen LogP contribution in [0.2, 0.25) is 0 Å². The Morgan fingerprint density at radius 2 is 1.79 bits per heavy atom. The van der Waals surface area contributed by atoms with Gasteiger partial charge >= 0.3 is 0 Å². The summed E-state index contributed by atoms with van der Waals surface area (Å²) in [5.41, 5.74) is 2.67. The Morgan fingerprint density at radius 3 is 2.53 bits per heavy atom. The number of benzene rings is 1. The van der Waals surface area contributed by atoms with Gasteiger partial charge < -0.3 is 0 Å². The van der Waals surface area contributed by atoms with Gasteiger partial charge in [0.1, 0.15) is 5.82 Å². The van der Waals surface area contributed by atoms with E-state index in [0.29, 0.717) is 0 Å². The van der Waals surface area contributed by atoms with Crippen LogP contribution in [0.3, 0.4) is 0 Å². The zero-order chi connectivity index (χ0) is 13.2. The van der Waals surface area contributed by atoms with Crippen LogP contribution in [-0.4, -0.2) is 0 Å². The van der Waals surface area contributed by atoms with Gasteiger partial charge in [-0.25, -0.2) is 4.39 Å². The highest BCUT2D eigenvalue weighted by atomic mass is 19.1. The molecule has 1 saturated carbocycles. The van der Waals surface area contributed by atoms with E-state index < -0.39 is 0 Å². The third-order valence-electron chi connectivity index (χ3n) is 5.57. The fourth-order valence-corrected chi connectivity index (χ4v) is 4.22. The van der Waals surface area contributed by atoms with Crippen molar-refractivity contribution in [3.63, 3.8) is 0 Å². The Kier molecular flexibility index (Phi) is 3.91. The lowest BCUT2D eigenvalue weighted by molar-refractivity contribution is 0.187. The quantitative estimate of drug-likeness (QED) is 0.690. The van der Waals surface area contributed by atoms with Crippen molar-refractivity contribution >= 4 is 0 Å². The Hall–Kier alpha value is -0.850. The van der Waals surface area contributed by atoms with Crippen molar-refractivity contribution in [1.82, 2.24) is 0 Å². The van der Waals surface area contributed by atoms with Crippen LogP contribution in [0.25, 0.3) is 0 Å². The molecule has 0 nitrogen and oxygen atoms in total. The van der Waals surface area contributed by atoms with Crippen molar-refractivity contribution < 1.29 is 4.39 Å². The molecule has 0 spiro atoms. The molecule has 0 N–H and O–H groups in total. The molecule has 1 aromatic carbocycles. The summed E-state index contributed by atoms with van der Waals surface area (Å²) in [4.78, 5) is 0. The largest absolute Gasteiger partial charge is 0.207 e. The molecule has 0 amide bonds. The van der Waals surface area contributed by atoms with Crippen molar-refractivity contribution in [2.75, 3.05) is 0 Å². The van der Waals surface area contributed by atoms with E-state index in [2.05, 4.69) is 6.92 Å². The maximum Gasteiger partial charge on any atom is 0.123 e. The van der Waals surface area contributed by atoms with Crippen LogP contribution in [0.4, 0.5) is 4.39 Å². The standard InChI is InChI=1S/C18H25F/c1-2-13-3-5-14(6-4-13)16-8-7-15-9-10-18(19)12-17(15)11-16/h9-10,12-14,16H,2-8,11H2,1H3. The average molecular weight is 260 g/mol. The second kappa shape index (κ2) is 5.64. The van der Waals surface area contributed by atoms with Crippen LogP contribution in [0.5, 0.6) is 0 Å². The van der Waals surface area contributed by atoms with Crippen molar-refractivity contribution in [3.05, 3.63) is 35.1 Å². The Labute approximate surface area is 116 Å². The highest BCUT2D eigenvalue weighted by Gasteiger charge is 2.29. The van der Waals surface area contributed by atoms with Crippen molar-refractivity contribution in [2.45, 2.75) is 58.3 Å². The molecule has 1 unspecified atom stereocenters. The lowest BCUT2D eigenvalue weighted by atomic mass is 9.69. The zero-order valence-corrected chi connectivity index (χ0v) is 12.0. The highest BCUT2D eigenvalue weighted by molar-refractivity contribution is 5.30. The predicted molar refractivity (Wildman–Crippen MR) is 77.7 cm³/mol. The Balaban J connectivity index is 1.65. The number of halogens is 1. The van der Waals surface area contributed by atoms with Gasteiger partial charge in [0.25, 0.3) is 0 Å². The van der Waals surface area contributed by atoms with Gasteiger partial charge in [-0.2, -0.15) is 0 Å². The van der Waals surface area contributed by atoms with E-state index in [1.807, 2.05) is 6.07 Å². The highest BCUT2D eigenvalue weighted by Crippen LogP contribution is 2.40. The first kappa shape index (κ1) is 13.1. The zero-order valence-electron chi connectivity index (χ0n) is 12.0. The lowest BCUT2D eigenvalue weighted by Gasteiger charge is -2.36. The first-order valence-electron chi connectivity index (χ1n) is 8.03. The van der Waals surface area contributed by atoms with Gasteiger partial charge in [-0.15, -0.1) is 0 Å². The van der Waals surface area contributed by atoms with Gasteiger partial charge in [-0.3, -0.25) is 0 Å². The topological polar surface area (TPSA) is 0 Å². The van der Waals surface area contributed by atoms with Crippen LogP contribution < -0.4 is 0 Å². The average Bonchev–Trinajstić information content (AvgIpc) is 2.46. The predicted octanol–water partition coefficient (Wildman–Crippen LogP) is 5.15. The molecule has 2 aliphatic carbocycles. The molecule has 19 heavy (non-hydrogen) atoms. The molecular weight excluding hydrogens is 235 g/mol. The van der Waals surface area contributed by atoms with E-state index in [-0.39, 0.29) is 5.82 Å². The molecule has 0 bridgehead atoms. The van der Waals surface area contributed by atoms with Gasteiger partial charge in [0.15, 0.2) is 0 Å². The smallest absolute Gasteiger partial charge is 0.123 e. The van der Waals surface area contributed by atoms with Crippen molar-refractivity contribution in [3.8, 4) is 0 Å². The number of hydrogen-bond acceptors (Lipinski definition) is 0. The normalized spacial score (nSPS) is 30.9. The molecule has 0 saturated heterocycles. The molecule has 0 heterocycles. The molecule has 104 valence electrons. The first-order valence-corrected chi connectivity index (χ1v) is 8.03. The fourth-order valence-electron chi connectivity index (χ4n) is 4.22. The minimum Gasteiger partial charge on any atom is -0.207 e. The fraction of sp³-hybridized carbons (Fsp3) is 0.667. The first-order chi connectivity index (χ1) is 9.26. The minimum atomic E-state index is -0.0610. The van der Waals surface area contributed by atoms with E-state index in [9.17, 15) is 4.39 Å². The second-order valence-electron chi connectivity index (χ2n) is 6.60. The second-order valence-corrected chi connectivity index (χ2v) is 6.60. The van der Waals surface area contributed by atoms with Gasteiger partial charge in [-0.05, 0) is 73.1 Å². The summed E-state index contributed by atoms with van der Waals surface area (Å²) in [6.07, 6.45) is 10.6. The third-order valence-corrected chi connectivity index (χ3v) is 5.57. The molecular formula is C18H25F. The Bertz CT molecular complexity index is 429. The summed E-state index contributed by atoms with van der Waals surface area (Å²) >= 11 is 0. The van der Waals surface area contributed by atoms with Gasteiger partial charge in [0.05, 0.1) is 0 Å². The molecule has 1 fully saturated rings. The van der Waals surface area contributed by atoms with Crippen molar-refractivity contribution in [1.29, 1.82) is 0 Å². The number of rotatable bonds is 2. The van der Waals surface area contributed by atoms with Gasteiger partial charge in [0, 0.05) is 0 Å². The van der Waals surface area contributed by atoms with E-state index in [1.54, 1.807) is 12.1 Å². The molecule has 1 atom stereocenters. The summed E-state index contributed by atoms with van der Waals surface area (Å²) in [5, 5.41) is 0. The van der Waals surface area contributed by atoms with Crippen LogP contribution in [0, 0.1) is 23.6 Å². The van der Waals surface area contributed by atoms with Crippen LogP contribution in [0.1, 0.15) is 56.6 Å². The molecule has 2 aliphatic rings. The molecule has 0 radical (unpaired) electrons. The molecule has 0 aromatic heterocycles. The van der Waals surface area contributed by atoms with Crippen LogP contribution in [0.15, 0.2) is 18.2 Å². The van der Waals surface area contributed by atoms with Crippen LogP contribution >= 0.6 is 0 Å². The van der Waals surface area contributed by atoms with Gasteiger partial charge in [-0.1, -0.05) is 32.3 Å². The summed E-state index contributed by atoms with van der Waals surface area (Å²) in [6.45, 7) is 2.32. The molecule has 0 aliphatic heterocycles. The summed E-state index contributed by atoms with van der Waals surface area (Å²) in [5.74, 6) is 2.63. The summed E-state index contributed by atoms with van der Waals surface area (Å²) < 4.78 is 13.4. The van der Waals surface area contributed by atoms with Crippen LogP contribution in [-0.2, 0) is 12.8 Å². The maximum atomic E-state index is 13.4. The number of aryl methyl sites for hydroxylation is 1. The SMILES string of the molecule is CCC1CCC(C2CCc3ccc(F)cc3C2)CC1. The maximum absolute atomic E-state index is 13.4. The third kappa shape index (κ3) is 2.85. The summed E-state index contributed by atoms with van der Waals surface area (Å²) in [7, 11) is 0. The lowest BCUT2D eigenvalue weighted by Crippen LogP contribution is -2.26. The van der Waals surface area contributed by atoms with E-state index in [1.165, 1.54) is 49.7 Å². The minimum absolute atomic E-state index is 0.0610. The molecule has 1 heteroatoms. The van der Waals surface area contributed by atoms with E-state index in [4.69, 9.17) is 0 Å². The summed E-state index contributed by atoms with van der Waals surface area (Å²) in [6, 6.07) is 5.39. The number of hydrogen-bond donors (Lipinski definition) is 0. The van der Waals surface area contributed by atoms with Crippen molar-refractivity contribution in [2.24, 2.45) is 17.8 Å². The molecule has 3 rings (SSSR count). The van der Waals surface area contributed by atoms with Gasteiger partial charge in [0.2, 0.25) is 0 Å². The van der Waals surface area contributed by atoms with E-state index >= 15 is 0 Å². The monoisotopic (exact) mass is 260 g/mol. The Morgan fingerprint density at radius 1 is 1.00 bits per heavy atom. The number of fused-ring (bicyclic) bond motifs is 1. The molecule has 1 aromatic rings. The van der Waals surface area contributed by atoms with E-state index in [0.717, 1.165) is 30.6 Å².